The van der Waals surface area contributed by atoms with Gasteiger partial charge in [0.1, 0.15) is 5.82 Å². The van der Waals surface area contributed by atoms with Crippen molar-refractivity contribution in [1.29, 1.82) is 0 Å². The highest BCUT2D eigenvalue weighted by Crippen LogP contribution is 2.39. The molecule has 2 amide bonds. The molecule has 22 heavy (non-hydrogen) atoms. The monoisotopic (exact) mass is 304 g/mol. The van der Waals surface area contributed by atoms with E-state index in [1.54, 1.807) is 36.0 Å². The summed E-state index contributed by atoms with van der Waals surface area (Å²) in [6.45, 7) is 0.753. The Morgan fingerprint density at radius 2 is 2.14 bits per heavy atom. The Hall–Kier alpha value is -1.91. The van der Waals surface area contributed by atoms with Crippen molar-refractivity contribution < 1.29 is 14.0 Å². The summed E-state index contributed by atoms with van der Waals surface area (Å²) in [5.41, 5.74) is 0.687. The molecule has 2 aliphatic rings. The first-order valence-corrected chi connectivity index (χ1v) is 7.73. The first kappa shape index (κ1) is 15.0. The predicted octanol–water partition coefficient (Wildman–Crippen LogP) is 2.21. The van der Waals surface area contributed by atoms with Gasteiger partial charge in [-0.1, -0.05) is 12.1 Å². The minimum atomic E-state index is -0.428. The van der Waals surface area contributed by atoms with Gasteiger partial charge in [-0.3, -0.25) is 9.59 Å². The predicted molar refractivity (Wildman–Crippen MR) is 80.4 cm³/mol. The summed E-state index contributed by atoms with van der Waals surface area (Å²) in [6.07, 6.45) is 2.55. The number of rotatable bonds is 4. The van der Waals surface area contributed by atoms with Crippen LogP contribution in [-0.2, 0) is 9.59 Å². The number of likely N-dealkylation sites (tertiary alicyclic amines) is 1. The minimum absolute atomic E-state index is 0.0149. The van der Waals surface area contributed by atoms with E-state index in [9.17, 15) is 14.0 Å². The Balaban J connectivity index is 1.84. The Morgan fingerprint density at radius 1 is 1.41 bits per heavy atom. The van der Waals surface area contributed by atoms with Crippen LogP contribution in [0.2, 0.25) is 0 Å². The summed E-state index contributed by atoms with van der Waals surface area (Å²) in [5.74, 6) is -0.242. The van der Waals surface area contributed by atoms with E-state index in [4.69, 9.17) is 0 Å². The van der Waals surface area contributed by atoms with Crippen molar-refractivity contribution >= 4 is 11.8 Å². The maximum Gasteiger partial charge on any atom is 0.228 e. The van der Waals surface area contributed by atoms with Gasteiger partial charge in [0, 0.05) is 27.1 Å². The first-order valence-electron chi connectivity index (χ1n) is 7.73. The summed E-state index contributed by atoms with van der Waals surface area (Å²) in [4.78, 5) is 28.1. The number of carbonyl (C=O) groups is 2. The van der Waals surface area contributed by atoms with Gasteiger partial charge in [-0.05, 0) is 36.5 Å². The SMILES string of the molecule is CN(CC1CC1)C(=O)C1CC(=O)N(C)C1c1cccc(F)c1. The van der Waals surface area contributed by atoms with E-state index in [1.807, 2.05) is 0 Å². The van der Waals surface area contributed by atoms with Crippen molar-refractivity contribution in [2.24, 2.45) is 11.8 Å². The Morgan fingerprint density at radius 3 is 2.77 bits per heavy atom. The van der Waals surface area contributed by atoms with Crippen molar-refractivity contribution in [3.8, 4) is 0 Å². The van der Waals surface area contributed by atoms with Crippen LogP contribution in [0.5, 0.6) is 0 Å². The maximum atomic E-state index is 13.5. The zero-order valence-corrected chi connectivity index (χ0v) is 13.0. The van der Waals surface area contributed by atoms with E-state index >= 15 is 0 Å². The molecule has 2 atom stereocenters. The first-order chi connectivity index (χ1) is 10.5. The highest BCUT2D eigenvalue weighted by Gasteiger charge is 2.44. The van der Waals surface area contributed by atoms with Gasteiger partial charge in [0.15, 0.2) is 0 Å². The average molecular weight is 304 g/mol. The fourth-order valence-corrected chi connectivity index (χ4v) is 3.30. The quantitative estimate of drug-likeness (QED) is 0.856. The van der Waals surface area contributed by atoms with Crippen LogP contribution in [-0.4, -0.2) is 42.3 Å². The summed E-state index contributed by atoms with van der Waals surface area (Å²) >= 11 is 0. The number of hydrogen-bond acceptors (Lipinski definition) is 2. The van der Waals surface area contributed by atoms with Crippen molar-refractivity contribution in [1.82, 2.24) is 9.80 Å². The van der Waals surface area contributed by atoms with Gasteiger partial charge < -0.3 is 9.80 Å². The van der Waals surface area contributed by atoms with Gasteiger partial charge >= 0.3 is 0 Å². The third-order valence-electron chi connectivity index (χ3n) is 4.70. The minimum Gasteiger partial charge on any atom is -0.345 e. The molecule has 1 saturated carbocycles. The smallest absolute Gasteiger partial charge is 0.228 e. The highest BCUT2D eigenvalue weighted by atomic mass is 19.1. The summed E-state index contributed by atoms with van der Waals surface area (Å²) in [5, 5.41) is 0. The van der Waals surface area contributed by atoms with Crippen LogP contribution in [0.25, 0.3) is 0 Å². The molecule has 1 aliphatic heterocycles. The molecule has 3 rings (SSSR count). The van der Waals surface area contributed by atoms with Crippen molar-refractivity contribution in [2.75, 3.05) is 20.6 Å². The second-order valence-electron chi connectivity index (χ2n) is 6.48. The lowest BCUT2D eigenvalue weighted by Gasteiger charge is -2.28. The fraction of sp³-hybridized carbons (Fsp3) is 0.529. The second-order valence-corrected chi connectivity index (χ2v) is 6.48. The molecule has 1 heterocycles. The lowest BCUT2D eigenvalue weighted by atomic mass is 9.92. The number of hydrogen-bond donors (Lipinski definition) is 0. The molecular formula is C17H21FN2O2. The molecule has 118 valence electrons. The van der Waals surface area contributed by atoms with Crippen LogP contribution < -0.4 is 0 Å². The average Bonchev–Trinajstić information content (AvgIpc) is 3.24. The molecule has 5 heteroatoms. The van der Waals surface area contributed by atoms with Gasteiger partial charge in [-0.25, -0.2) is 4.39 Å². The van der Waals surface area contributed by atoms with Gasteiger partial charge in [0.2, 0.25) is 11.8 Å². The third kappa shape index (κ3) is 2.85. The van der Waals surface area contributed by atoms with Gasteiger partial charge in [0.05, 0.1) is 12.0 Å². The Labute approximate surface area is 129 Å². The molecule has 0 spiro atoms. The Kier molecular flexibility index (Phi) is 3.89. The highest BCUT2D eigenvalue weighted by molar-refractivity contribution is 5.90. The zero-order valence-electron chi connectivity index (χ0n) is 13.0. The number of nitrogens with zero attached hydrogens (tertiary/aromatic N) is 2. The van der Waals surface area contributed by atoms with E-state index in [1.165, 1.54) is 25.0 Å². The molecule has 1 aromatic carbocycles. The lowest BCUT2D eigenvalue weighted by Crippen LogP contribution is -2.37. The van der Waals surface area contributed by atoms with E-state index in [-0.39, 0.29) is 30.1 Å². The second kappa shape index (κ2) is 5.71. The molecule has 1 saturated heterocycles. The molecule has 1 aliphatic carbocycles. The normalized spacial score (nSPS) is 24.7. The molecule has 4 nitrogen and oxygen atoms in total. The van der Waals surface area contributed by atoms with Crippen LogP contribution in [0, 0.1) is 17.7 Å². The molecule has 1 aromatic rings. The van der Waals surface area contributed by atoms with Crippen LogP contribution in [0.1, 0.15) is 30.9 Å². The van der Waals surface area contributed by atoms with Crippen molar-refractivity contribution in [2.45, 2.75) is 25.3 Å². The molecular weight excluding hydrogens is 283 g/mol. The van der Waals surface area contributed by atoms with Crippen LogP contribution in [0.4, 0.5) is 4.39 Å². The molecule has 2 fully saturated rings. The molecule has 2 unspecified atom stereocenters. The van der Waals surface area contributed by atoms with Crippen molar-refractivity contribution in [3.05, 3.63) is 35.6 Å². The van der Waals surface area contributed by atoms with Gasteiger partial charge in [-0.15, -0.1) is 0 Å². The molecule has 0 N–H and O–H groups in total. The number of benzene rings is 1. The summed E-state index contributed by atoms with van der Waals surface area (Å²) in [6, 6.07) is 5.82. The van der Waals surface area contributed by atoms with Crippen LogP contribution >= 0.6 is 0 Å². The maximum absolute atomic E-state index is 13.5. The largest absolute Gasteiger partial charge is 0.345 e. The summed E-state index contributed by atoms with van der Waals surface area (Å²) in [7, 11) is 3.48. The Bertz CT molecular complexity index is 600. The van der Waals surface area contributed by atoms with E-state index < -0.39 is 5.92 Å². The molecule has 0 radical (unpaired) electrons. The molecule has 0 bridgehead atoms. The lowest BCUT2D eigenvalue weighted by molar-refractivity contribution is -0.135. The summed E-state index contributed by atoms with van der Waals surface area (Å²) < 4.78 is 13.5. The fourth-order valence-electron chi connectivity index (χ4n) is 3.30. The van der Waals surface area contributed by atoms with E-state index in [2.05, 4.69) is 0 Å². The topological polar surface area (TPSA) is 40.6 Å². The number of amides is 2. The molecule has 0 aromatic heterocycles. The van der Waals surface area contributed by atoms with Crippen LogP contribution in [0.3, 0.4) is 0 Å². The van der Waals surface area contributed by atoms with Crippen LogP contribution in [0.15, 0.2) is 24.3 Å². The zero-order chi connectivity index (χ0) is 15.9. The van der Waals surface area contributed by atoms with Crippen molar-refractivity contribution in [3.63, 3.8) is 0 Å². The number of halogens is 1. The van der Waals surface area contributed by atoms with E-state index in [0.29, 0.717) is 11.5 Å². The third-order valence-corrected chi connectivity index (χ3v) is 4.70. The number of carbonyl (C=O) groups excluding carboxylic acids is 2. The van der Waals surface area contributed by atoms with Gasteiger partial charge in [-0.2, -0.15) is 0 Å². The van der Waals surface area contributed by atoms with Gasteiger partial charge in [0.25, 0.3) is 0 Å². The standard InChI is InChI=1S/C17H21FN2O2/c1-19(10-11-6-7-11)17(22)14-9-15(21)20(2)16(14)12-4-3-5-13(18)8-12/h3-5,8,11,14,16H,6-7,9-10H2,1-2H3. The van der Waals surface area contributed by atoms with E-state index in [0.717, 1.165) is 6.54 Å².